The van der Waals surface area contributed by atoms with Crippen LogP contribution in [0.3, 0.4) is 0 Å². The molecule has 1 rings (SSSR count). The number of nitrogens with zero attached hydrogens (tertiary/aromatic N) is 1. The van der Waals surface area contributed by atoms with Crippen LogP contribution in [0.1, 0.15) is 67.7 Å². The number of hydrogen-bond acceptors (Lipinski definition) is 4. The highest BCUT2D eigenvalue weighted by Crippen LogP contribution is 2.42. The fourth-order valence-electron chi connectivity index (χ4n) is 3.18. The zero-order chi connectivity index (χ0) is 19.7. The lowest BCUT2D eigenvalue weighted by Gasteiger charge is -2.38. The van der Waals surface area contributed by atoms with Gasteiger partial charge in [0.2, 0.25) is 0 Å². The Balaban J connectivity index is 3.04. The molecule has 1 fully saturated rings. The van der Waals surface area contributed by atoms with Crippen molar-refractivity contribution < 1.29 is 19.1 Å². The molecule has 0 saturated carbocycles. The largest absolute Gasteiger partial charge is 0.444 e. The van der Waals surface area contributed by atoms with Gasteiger partial charge in [0.15, 0.2) is 8.32 Å². The summed E-state index contributed by atoms with van der Waals surface area (Å²) in [4.78, 5) is 14.5. The molecule has 0 aromatic rings. The molecule has 1 aliphatic heterocycles. The minimum atomic E-state index is -1.94. The second-order valence-electron chi connectivity index (χ2n) is 9.93. The maximum Gasteiger partial charge on any atom is 0.410 e. The van der Waals surface area contributed by atoms with Gasteiger partial charge in [-0.05, 0) is 51.7 Å². The van der Waals surface area contributed by atoms with Gasteiger partial charge < -0.3 is 14.3 Å². The summed E-state index contributed by atoms with van der Waals surface area (Å²) in [7, 11) is -1.94. The van der Waals surface area contributed by atoms with Crippen LogP contribution in [0, 0.1) is 0 Å². The van der Waals surface area contributed by atoms with Crippen LogP contribution >= 0.6 is 0 Å². The number of likely N-dealkylation sites (tertiary alicyclic amines) is 1. The van der Waals surface area contributed by atoms with Crippen molar-refractivity contribution in [1.82, 2.24) is 4.90 Å². The van der Waals surface area contributed by atoms with Gasteiger partial charge in [0.05, 0.1) is 18.2 Å². The summed E-state index contributed by atoms with van der Waals surface area (Å²) in [5.74, 6) is 0. The van der Waals surface area contributed by atoms with E-state index in [2.05, 4.69) is 40.8 Å². The number of ether oxygens (including phenoxy) is 1. The van der Waals surface area contributed by atoms with Crippen LogP contribution in [0.2, 0.25) is 18.1 Å². The molecule has 5 nitrogen and oxygen atoms in total. The van der Waals surface area contributed by atoms with E-state index < -0.39 is 19.5 Å². The van der Waals surface area contributed by atoms with Crippen LogP contribution in [0.25, 0.3) is 0 Å². The molecule has 0 aliphatic carbocycles. The highest BCUT2D eigenvalue weighted by Gasteiger charge is 2.51. The smallest absolute Gasteiger partial charge is 0.410 e. The Morgan fingerprint density at radius 2 is 1.80 bits per heavy atom. The van der Waals surface area contributed by atoms with Crippen molar-refractivity contribution in [3.8, 4) is 0 Å². The molecule has 1 N–H and O–H groups in total. The molecular weight excluding hydrogens is 334 g/mol. The second-order valence-corrected chi connectivity index (χ2v) is 14.7. The van der Waals surface area contributed by atoms with Crippen LogP contribution in [0.5, 0.6) is 0 Å². The first kappa shape index (κ1) is 22.4. The summed E-state index contributed by atoms with van der Waals surface area (Å²) in [6, 6.07) is 0. The van der Waals surface area contributed by atoms with E-state index in [-0.39, 0.29) is 23.8 Å². The zero-order valence-corrected chi connectivity index (χ0v) is 18.7. The third-order valence-electron chi connectivity index (χ3n) is 5.46. The summed E-state index contributed by atoms with van der Waals surface area (Å²) < 4.78 is 12.2. The Morgan fingerprint density at radius 3 is 2.20 bits per heavy atom. The number of carbonyl (C=O) groups is 1. The molecule has 0 aromatic heterocycles. The van der Waals surface area contributed by atoms with E-state index in [1.54, 1.807) is 4.90 Å². The first-order valence-electron chi connectivity index (χ1n) is 9.47. The molecule has 0 radical (unpaired) electrons. The molecule has 0 aromatic carbocycles. The molecule has 1 amide bonds. The predicted octanol–water partition coefficient (Wildman–Crippen LogP) is 4.55. The number of amides is 1. The average molecular weight is 374 g/mol. The van der Waals surface area contributed by atoms with Crippen molar-refractivity contribution in [1.29, 1.82) is 0 Å². The molecule has 6 heteroatoms. The van der Waals surface area contributed by atoms with Gasteiger partial charge in [0, 0.05) is 6.54 Å². The molecule has 25 heavy (non-hydrogen) atoms. The van der Waals surface area contributed by atoms with E-state index in [4.69, 9.17) is 9.16 Å². The van der Waals surface area contributed by atoms with Crippen molar-refractivity contribution in [3.05, 3.63) is 0 Å². The van der Waals surface area contributed by atoms with Crippen LogP contribution in [-0.4, -0.2) is 54.8 Å². The summed E-state index contributed by atoms with van der Waals surface area (Å²) in [5, 5.41) is 10.3. The lowest BCUT2D eigenvalue weighted by atomic mass is 9.91. The van der Waals surface area contributed by atoms with Gasteiger partial charge in [-0.2, -0.15) is 0 Å². The lowest BCUT2D eigenvalue weighted by molar-refractivity contribution is -0.00717. The average Bonchev–Trinajstić information content (AvgIpc) is 2.74. The minimum Gasteiger partial charge on any atom is -0.444 e. The van der Waals surface area contributed by atoms with E-state index in [1.807, 2.05) is 20.8 Å². The fourth-order valence-corrected chi connectivity index (χ4v) is 4.53. The minimum absolute atomic E-state index is 0.0490. The van der Waals surface area contributed by atoms with Crippen LogP contribution in [0.4, 0.5) is 4.79 Å². The molecule has 148 valence electrons. The zero-order valence-electron chi connectivity index (χ0n) is 17.7. The topological polar surface area (TPSA) is 59.0 Å². The first-order chi connectivity index (χ1) is 11.2. The normalized spacial score (nSPS) is 25.4. The Labute approximate surface area is 155 Å². The number of aliphatic hydroxyl groups excluding tert-OH is 1. The van der Waals surface area contributed by atoms with Gasteiger partial charge in [0.25, 0.3) is 0 Å². The van der Waals surface area contributed by atoms with E-state index >= 15 is 0 Å². The number of hydrogen-bond donors (Lipinski definition) is 1. The quantitative estimate of drug-likeness (QED) is 0.718. The van der Waals surface area contributed by atoms with E-state index in [9.17, 15) is 9.90 Å². The first-order valence-corrected chi connectivity index (χ1v) is 12.4. The van der Waals surface area contributed by atoms with Crippen LogP contribution in [0.15, 0.2) is 0 Å². The van der Waals surface area contributed by atoms with Crippen LogP contribution in [-0.2, 0) is 9.16 Å². The standard InChI is InChI=1S/C19H39NO4Si/c1-10-11-19(14-21)12-15(24-25(8,9)18(5,6)7)13-20(19)16(22)23-17(2,3)4/h15,21H,10-14H2,1-9H3/t15-,19+/m1/s1. The van der Waals surface area contributed by atoms with E-state index in [0.717, 1.165) is 12.8 Å². The van der Waals surface area contributed by atoms with Gasteiger partial charge in [-0.25, -0.2) is 4.79 Å². The van der Waals surface area contributed by atoms with Crippen LogP contribution < -0.4 is 0 Å². The second kappa shape index (κ2) is 7.57. The van der Waals surface area contributed by atoms with Crippen molar-refractivity contribution >= 4 is 14.4 Å². The number of carbonyl (C=O) groups excluding carboxylic acids is 1. The lowest BCUT2D eigenvalue weighted by Crippen LogP contribution is -2.51. The summed E-state index contributed by atoms with van der Waals surface area (Å²) >= 11 is 0. The van der Waals surface area contributed by atoms with Gasteiger partial charge in [-0.15, -0.1) is 0 Å². The Bertz CT molecular complexity index is 467. The van der Waals surface area contributed by atoms with E-state index in [1.165, 1.54) is 0 Å². The molecule has 1 aliphatic rings. The molecule has 2 atom stereocenters. The van der Waals surface area contributed by atoms with Crippen molar-refractivity contribution in [2.75, 3.05) is 13.2 Å². The fraction of sp³-hybridized carbons (Fsp3) is 0.947. The van der Waals surface area contributed by atoms with Crippen molar-refractivity contribution in [2.24, 2.45) is 0 Å². The van der Waals surface area contributed by atoms with Gasteiger partial charge >= 0.3 is 6.09 Å². The molecule has 1 heterocycles. The van der Waals surface area contributed by atoms with Gasteiger partial charge in [-0.1, -0.05) is 34.1 Å². The highest BCUT2D eigenvalue weighted by molar-refractivity contribution is 6.74. The molecule has 0 spiro atoms. The number of aliphatic hydroxyl groups is 1. The maximum atomic E-state index is 12.8. The third-order valence-corrected chi connectivity index (χ3v) is 9.99. The van der Waals surface area contributed by atoms with Gasteiger partial charge in [-0.3, -0.25) is 4.90 Å². The van der Waals surface area contributed by atoms with Crippen molar-refractivity contribution in [3.63, 3.8) is 0 Å². The summed E-state index contributed by atoms with van der Waals surface area (Å²) in [6.07, 6.45) is 1.92. The molecular formula is C19H39NO4Si. The summed E-state index contributed by atoms with van der Waals surface area (Å²) in [6.45, 7) is 19.2. The SMILES string of the molecule is CCC[C@@]1(CO)C[C@@H](O[Si](C)(C)C(C)(C)C)CN1C(=O)OC(C)(C)C. The Morgan fingerprint density at radius 1 is 1.24 bits per heavy atom. The monoisotopic (exact) mass is 373 g/mol. The Kier molecular flexibility index (Phi) is 6.80. The highest BCUT2D eigenvalue weighted by atomic mass is 28.4. The predicted molar refractivity (Wildman–Crippen MR) is 104 cm³/mol. The molecule has 0 bridgehead atoms. The molecule has 1 saturated heterocycles. The van der Waals surface area contributed by atoms with Crippen molar-refractivity contribution in [2.45, 2.75) is 103 Å². The number of rotatable bonds is 5. The van der Waals surface area contributed by atoms with Gasteiger partial charge in [0.1, 0.15) is 5.60 Å². The Hall–Kier alpha value is -0.593. The maximum absolute atomic E-state index is 12.8. The third kappa shape index (κ3) is 5.44. The van der Waals surface area contributed by atoms with E-state index in [0.29, 0.717) is 13.0 Å². The molecule has 0 unspecified atom stereocenters. The summed E-state index contributed by atoms with van der Waals surface area (Å²) in [5.41, 5.74) is -1.13.